The molecule has 0 fully saturated rings. The highest BCUT2D eigenvalue weighted by atomic mass is 32.2. The minimum atomic E-state index is -3.85. The number of carbonyl (C=O) groups excluding carboxylic acids is 1. The zero-order valence-electron chi connectivity index (χ0n) is 17.2. The Morgan fingerprint density at radius 1 is 1.13 bits per heavy atom. The van der Waals surface area contributed by atoms with Crippen LogP contribution in [0.4, 0.5) is 11.5 Å². The number of rotatable bonds is 7. The summed E-state index contributed by atoms with van der Waals surface area (Å²) in [6.45, 7) is 3.74. The maximum absolute atomic E-state index is 12.9. The minimum Gasteiger partial charge on any atom is -0.497 e. The zero-order valence-corrected chi connectivity index (χ0v) is 18.9. The van der Waals surface area contributed by atoms with E-state index in [0.717, 1.165) is 22.9 Å². The molecule has 1 aromatic heterocycles. The lowest BCUT2D eigenvalue weighted by molar-refractivity contribution is -0.113. The van der Waals surface area contributed by atoms with Gasteiger partial charge in [-0.3, -0.25) is 4.79 Å². The third kappa shape index (κ3) is 5.33. The molecule has 0 saturated carbocycles. The molecule has 3 rings (SSSR count). The number of nitrogens with two attached hydrogens (primary N) is 1. The molecule has 3 N–H and O–H groups in total. The molecule has 1 heterocycles. The number of anilines is 2. The molecule has 0 aliphatic heterocycles. The second kappa shape index (κ2) is 9.36. The van der Waals surface area contributed by atoms with Crippen LogP contribution >= 0.6 is 11.8 Å². The molecule has 0 spiro atoms. The average Bonchev–Trinajstić information content (AvgIpc) is 2.74. The lowest BCUT2D eigenvalue weighted by Crippen LogP contribution is -2.14. The zero-order chi connectivity index (χ0) is 22.6. The van der Waals surface area contributed by atoms with Crippen LogP contribution in [0.25, 0.3) is 0 Å². The summed E-state index contributed by atoms with van der Waals surface area (Å²) in [5.41, 5.74) is 8.39. The number of hydrogen-bond acceptors (Lipinski definition) is 8. The number of hydrogen-bond donors (Lipinski definition) is 2. The Morgan fingerprint density at radius 2 is 1.84 bits per heavy atom. The highest BCUT2D eigenvalue weighted by molar-refractivity contribution is 7.99. The quantitative estimate of drug-likeness (QED) is 0.408. The summed E-state index contributed by atoms with van der Waals surface area (Å²) in [6, 6.07) is 11.8. The fraction of sp³-hybridized carbons (Fsp3) is 0.190. The number of thioether (sulfide) groups is 1. The molecule has 10 heteroatoms. The summed E-state index contributed by atoms with van der Waals surface area (Å²) in [6.07, 6.45) is 1.18. The number of aryl methyl sites for hydroxylation is 2. The van der Waals surface area contributed by atoms with Crippen LogP contribution in [0.1, 0.15) is 11.1 Å². The molecule has 0 atom stereocenters. The predicted octanol–water partition coefficient (Wildman–Crippen LogP) is 3.25. The lowest BCUT2D eigenvalue weighted by atomic mass is 10.1. The van der Waals surface area contributed by atoms with E-state index >= 15 is 0 Å². The third-order valence-electron chi connectivity index (χ3n) is 4.55. The van der Waals surface area contributed by atoms with Gasteiger partial charge in [0.15, 0.2) is 5.16 Å². The number of carbonyl (C=O) groups is 1. The maximum atomic E-state index is 12.9. The van der Waals surface area contributed by atoms with Crippen molar-refractivity contribution in [3.8, 4) is 5.75 Å². The fourth-order valence-electron chi connectivity index (χ4n) is 2.65. The van der Waals surface area contributed by atoms with Crippen LogP contribution in [0, 0.1) is 13.8 Å². The Balaban J connectivity index is 1.68. The highest BCUT2D eigenvalue weighted by Gasteiger charge is 2.23. The van der Waals surface area contributed by atoms with Gasteiger partial charge in [0.2, 0.25) is 15.7 Å². The fourth-order valence-corrected chi connectivity index (χ4v) is 4.62. The first-order chi connectivity index (χ1) is 14.7. The SMILES string of the molecule is COc1ccc(NC(=O)CSc2ncc(S(=O)(=O)c3ccc(C)c(C)c3)c(N)n2)cc1. The van der Waals surface area contributed by atoms with E-state index in [1.54, 1.807) is 43.5 Å². The van der Waals surface area contributed by atoms with E-state index in [0.29, 0.717) is 11.4 Å². The summed E-state index contributed by atoms with van der Waals surface area (Å²) in [7, 11) is -2.29. The van der Waals surface area contributed by atoms with E-state index in [4.69, 9.17) is 10.5 Å². The molecular formula is C21H22N4O4S2. The van der Waals surface area contributed by atoms with Gasteiger partial charge < -0.3 is 15.8 Å². The van der Waals surface area contributed by atoms with Crippen molar-refractivity contribution in [1.82, 2.24) is 9.97 Å². The predicted molar refractivity (Wildman–Crippen MR) is 120 cm³/mol. The standard InChI is InChI=1S/C21H22N4O4S2/c1-13-4-9-17(10-14(13)2)31(27,28)18-11-23-21(25-20(18)22)30-12-19(26)24-15-5-7-16(29-3)8-6-15/h4-11H,12H2,1-3H3,(H,24,26)(H2,22,23,25). The molecule has 0 aliphatic carbocycles. The van der Waals surface area contributed by atoms with Crippen molar-refractivity contribution in [3.63, 3.8) is 0 Å². The largest absolute Gasteiger partial charge is 0.497 e. The summed E-state index contributed by atoms with van der Waals surface area (Å²) in [5, 5.41) is 2.96. The third-order valence-corrected chi connectivity index (χ3v) is 7.17. The number of methoxy groups -OCH3 is 1. The Hall–Kier alpha value is -3.11. The Bertz CT molecular complexity index is 1210. The second-order valence-corrected chi connectivity index (χ2v) is 9.58. The molecule has 162 valence electrons. The van der Waals surface area contributed by atoms with Crippen molar-refractivity contribution < 1.29 is 17.9 Å². The monoisotopic (exact) mass is 458 g/mol. The maximum Gasteiger partial charge on any atom is 0.234 e. The van der Waals surface area contributed by atoms with Gasteiger partial charge in [-0.2, -0.15) is 0 Å². The van der Waals surface area contributed by atoms with Gasteiger partial charge in [0, 0.05) is 5.69 Å². The molecule has 8 nitrogen and oxygen atoms in total. The van der Waals surface area contributed by atoms with Gasteiger partial charge in [-0.1, -0.05) is 17.8 Å². The van der Waals surface area contributed by atoms with Crippen molar-refractivity contribution in [1.29, 1.82) is 0 Å². The number of nitrogens with one attached hydrogen (secondary N) is 1. The van der Waals surface area contributed by atoms with Crippen molar-refractivity contribution in [2.24, 2.45) is 0 Å². The van der Waals surface area contributed by atoms with Crippen LogP contribution in [0.15, 0.2) is 63.6 Å². The molecule has 2 aromatic carbocycles. The van der Waals surface area contributed by atoms with Crippen molar-refractivity contribution in [2.75, 3.05) is 23.9 Å². The number of benzene rings is 2. The van der Waals surface area contributed by atoms with E-state index in [2.05, 4.69) is 15.3 Å². The summed E-state index contributed by atoms with van der Waals surface area (Å²) in [5.74, 6) is 0.303. The number of sulfone groups is 1. The average molecular weight is 459 g/mol. The Kier molecular flexibility index (Phi) is 6.81. The van der Waals surface area contributed by atoms with Gasteiger partial charge >= 0.3 is 0 Å². The summed E-state index contributed by atoms with van der Waals surface area (Å²) in [4.78, 5) is 20.2. The number of nitrogens with zero attached hydrogens (tertiary/aromatic N) is 2. The minimum absolute atomic E-state index is 0.0364. The number of amides is 1. The van der Waals surface area contributed by atoms with Crippen LogP contribution in [0.3, 0.4) is 0 Å². The van der Waals surface area contributed by atoms with Gasteiger partial charge in [0.1, 0.15) is 16.5 Å². The molecular weight excluding hydrogens is 436 g/mol. The molecule has 0 aliphatic rings. The normalized spacial score (nSPS) is 11.2. The smallest absolute Gasteiger partial charge is 0.234 e. The van der Waals surface area contributed by atoms with Crippen LogP contribution in [-0.2, 0) is 14.6 Å². The number of ether oxygens (including phenoxy) is 1. The van der Waals surface area contributed by atoms with Crippen LogP contribution < -0.4 is 15.8 Å². The highest BCUT2D eigenvalue weighted by Crippen LogP contribution is 2.27. The van der Waals surface area contributed by atoms with Gasteiger partial charge in [-0.25, -0.2) is 18.4 Å². The Morgan fingerprint density at radius 3 is 2.45 bits per heavy atom. The molecule has 1 amide bonds. The van der Waals surface area contributed by atoms with Crippen LogP contribution in [0.2, 0.25) is 0 Å². The second-order valence-electron chi connectivity index (χ2n) is 6.72. The van der Waals surface area contributed by atoms with E-state index in [-0.39, 0.29) is 32.4 Å². The first-order valence-electron chi connectivity index (χ1n) is 9.22. The summed E-state index contributed by atoms with van der Waals surface area (Å²) >= 11 is 1.06. The molecule has 3 aromatic rings. The van der Waals surface area contributed by atoms with Crippen LogP contribution in [-0.4, -0.2) is 37.2 Å². The first-order valence-corrected chi connectivity index (χ1v) is 11.7. The number of aromatic nitrogens is 2. The lowest BCUT2D eigenvalue weighted by Gasteiger charge is -2.10. The molecule has 0 bridgehead atoms. The first kappa shape index (κ1) is 22.6. The topological polar surface area (TPSA) is 124 Å². The van der Waals surface area contributed by atoms with Crippen molar-refractivity contribution in [3.05, 3.63) is 59.8 Å². The Labute approximate surface area is 185 Å². The van der Waals surface area contributed by atoms with E-state index in [1.807, 2.05) is 13.8 Å². The van der Waals surface area contributed by atoms with E-state index in [1.165, 1.54) is 12.3 Å². The van der Waals surface area contributed by atoms with E-state index in [9.17, 15) is 13.2 Å². The molecule has 0 unspecified atom stereocenters. The van der Waals surface area contributed by atoms with Crippen molar-refractivity contribution >= 4 is 39.0 Å². The van der Waals surface area contributed by atoms with Crippen molar-refractivity contribution in [2.45, 2.75) is 28.8 Å². The molecule has 31 heavy (non-hydrogen) atoms. The summed E-state index contributed by atoms with van der Waals surface area (Å²) < 4.78 is 30.9. The van der Waals surface area contributed by atoms with Gasteiger partial charge in [-0.15, -0.1) is 0 Å². The van der Waals surface area contributed by atoms with Crippen LogP contribution in [0.5, 0.6) is 5.75 Å². The van der Waals surface area contributed by atoms with E-state index < -0.39 is 9.84 Å². The van der Waals surface area contributed by atoms with Gasteiger partial charge in [-0.05, 0) is 61.4 Å². The molecule has 0 saturated heterocycles. The van der Waals surface area contributed by atoms with Gasteiger partial charge in [0.25, 0.3) is 0 Å². The molecule has 0 radical (unpaired) electrons. The van der Waals surface area contributed by atoms with Gasteiger partial charge in [0.05, 0.1) is 24.0 Å². The number of nitrogen functional groups attached to an aromatic ring is 1.